The Hall–Kier alpha value is -1.19. The van der Waals surface area contributed by atoms with E-state index in [0.29, 0.717) is 26.1 Å². The van der Waals surface area contributed by atoms with Gasteiger partial charge in [0.1, 0.15) is 6.61 Å². The zero-order chi connectivity index (χ0) is 19.2. The van der Waals surface area contributed by atoms with Crippen LogP contribution in [-0.4, -0.2) is 82.6 Å². The zero-order valence-electron chi connectivity index (χ0n) is 15.8. The second-order valence-corrected chi connectivity index (χ2v) is 10.0. The van der Waals surface area contributed by atoms with E-state index < -0.39 is 15.4 Å². The maximum Gasteiger partial charge on any atom is 0.248 e. The van der Waals surface area contributed by atoms with Crippen LogP contribution in [0.5, 0.6) is 0 Å². The summed E-state index contributed by atoms with van der Waals surface area (Å²) in [5, 5.41) is 2.77. The molecule has 148 valence electrons. The number of methoxy groups -OCH3 is 1. The number of nitrogens with one attached hydrogen (secondary N) is 1. The fraction of sp³-hybridized carbons (Fsp3) is 0.882. The van der Waals surface area contributed by atoms with Crippen molar-refractivity contribution in [2.24, 2.45) is 16.7 Å². The summed E-state index contributed by atoms with van der Waals surface area (Å²) in [5.41, 5.74) is -0.716. The Labute approximate surface area is 155 Å². The quantitative estimate of drug-likeness (QED) is 0.712. The van der Waals surface area contributed by atoms with Gasteiger partial charge in [-0.05, 0) is 37.0 Å². The third kappa shape index (κ3) is 3.03. The summed E-state index contributed by atoms with van der Waals surface area (Å²) in [6, 6.07) is 0. The van der Waals surface area contributed by atoms with E-state index in [1.54, 1.807) is 7.05 Å². The topological polar surface area (TPSA) is 96.0 Å². The normalized spacial score (nSPS) is 31.2. The van der Waals surface area contributed by atoms with Crippen LogP contribution in [0.4, 0.5) is 0 Å². The second-order valence-electron chi connectivity index (χ2n) is 8.02. The number of ether oxygens (including phenoxy) is 1. The van der Waals surface area contributed by atoms with Gasteiger partial charge in [-0.3, -0.25) is 9.59 Å². The second kappa shape index (κ2) is 6.76. The van der Waals surface area contributed by atoms with Gasteiger partial charge in [-0.1, -0.05) is 0 Å². The first-order chi connectivity index (χ1) is 12.2. The SMILES string of the molecule is CNC(=O)[C@@]12CCC3(CCN(C(=O)COC)CC3)[C@H]1CN(S(C)(=O)=O)C2. The van der Waals surface area contributed by atoms with E-state index in [4.69, 9.17) is 4.74 Å². The minimum Gasteiger partial charge on any atom is -0.375 e. The van der Waals surface area contributed by atoms with E-state index in [2.05, 4.69) is 5.32 Å². The van der Waals surface area contributed by atoms with Crippen LogP contribution >= 0.6 is 0 Å². The third-order valence-electron chi connectivity index (χ3n) is 6.85. The number of fused-ring (bicyclic) bond motifs is 2. The summed E-state index contributed by atoms with van der Waals surface area (Å²) < 4.78 is 30.7. The Morgan fingerprint density at radius 2 is 1.85 bits per heavy atom. The van der Waals surface area contributed by atoms with Gasteiger partial charge >= 0.3 is 0 Å². The van der Waals surface area contributed by atoms with Crippen LogP contribution in [0.15, 0.2) is 0 Å². The van der Waals surface area contributed by atoms with Crippen molar-refractivity contribution in [1.29, 1.82) is 0 Å². The van der Waals surface area contributed by atoms with E-state index in [9.17, 15) is 18.0 Å². The van der Waals surface area contributed by atoms with Gasteiger partial charge < -0.3 is 15.0 Å². The lowest BCUT2D eigenvalue weighted by atomic mass is 9.65. The van der Waals surface area contributed by atoms with Crippen LogP contribution in [0.1, 0.15) is 25.7 Å². The first-order valence-corrected chi connectivity index (χ1v) is 11.0. The van der Waals surface area contributed by atoms with Gasteiger partial charge in [0.2, 0.25) is 21.8 Å². The Bertz CT molecular complexity index is 687. The lowest BCUT2D eigenvalue weighted by Gasteiger charge is -2.44. The van der Waals surface area contributed by atoms with Gasteiger partial charge in [-0.15, -0.1) is 0 Å². The Kier molecular flexibility index (Phi) is 5.09. The number of piperidine rings is 1. The molecule has 9 heteroatoms. The van der Waals surface area contributed by atoms with Crippen LogP contribution in [0, 0.1) is 16.7 Å². The first-order valence-electron chi connectivity index (χ1n) is 9.12. The molecule has 0 radical (unpaired) electrons. The molecule has 2 saturated heterocycles. The van der Waals surface area contributed by atoms with Crippen LogP contribution in [-0.2, 0) is 24.3 Å². The predicted octanol–water partition coefficient (Wildman–Crippen LogP) is -0.341. The predicted molar refractivity (Wildman–Crippen MR) is 95.8 cm³/mol. The lowest BCUT2D eigenvalue weighted by molar-refractivity contribution is -0.139. The molecule has 1 saturated carbocycles. The van der Waals surface area contributed by atoms with Gasteiger partial charge in [0.25, 0.3) is 0 Å². The Morgan fingerprint density at radius 3 is 2.38 bits per heavy atom. The molecule has 3 rings (SSSR count). The highest BCUT2D eigenvalue weighted by Gasteiger charge is 2.65. The maximum atomic E-state index is 12.8. The minimum atomic E-state index is -3.34. The number of nitrogens with zero attached hydrogens (tertiary/aromatic N) is 2. The molecule has 0 bridgehead atoms. The fourth-order valence-corrected chi connectivity index (χ4v) is 6.29. The highest BCUT2D eigenvalue weighted by molar-refractivity contribution is 7.88. The number of rotatable bonds is 4. The average molecular weight is 388 g/mol. The summed E-state index contributed by atoms with van der Waals surface area (Å²) in [7, 11) is -0.210. The van der Waals surface area contributed by atoms with Crippen LogP contribution in [0.3, 0.4) is 0 Å². The molecule has 26 heavy (non-hydrogen) atoms. The lowest BCUT2D eigenvalue weighted by Crippen LogP contribution is -2.49. The minimum absolute atomic E-state index is 0.00403. The molecule has 1 aliphatic carbocycles. The number of sulfonamides is 1. The molecule has 8 nitrogen and oxygen atoms in total. The van der Waals surface area contributed by atoms with E-state index >= 15 is 0 Å². The Morgan fingerprint density at radius 1 is 1.19 bits per heavy atom. The van der Waals surface area contributed by atoms with Crippen molar-refractivity contribution in [3.05, 3.63) is 0 Å². The molecule has 3 fully saturated rings. The molecular formula is C17H29N3O5S. The number of carbonyl (C=O) groups excluding carboxylic acids is 2. The van der Waals surface area contributed by atoms with Crippen LogP contribution in [0.2, 0.25) is 0 Å². The van der Waals surface area contributed by atoms with Crippen LogP contribution < -0.4 is 5.32 Å². The highest BCUT2D eigenvalue weighted by Crippen LogP contribution is 2.62. The summed E-state index contributed by atoms with van der Waals surface area (Å²) >= 11 is 0. The summed E-state index contributed by atoms with van der Waals surface area (Å²) in [5.74, 6) is -0.0603. The number of hydrogen-bond acceptors (Lipinski definition) is 5. The van der Waals surface area contributed by atoms with Crippen molar-refractivity contribution in [1.82, 2.24) is 14.5 Å². The number of amides is 2. The molecule has 2 atom stereocenters. The molecule has 1 N–H and O–H groups in total. The number of hydrogen-bond donors (Lipinski definition) is 1. The zero-order valence-corrected chi connectivity index (χ0v) is 16.6. The molecule has 3 aliphatic rings. The highest BCUT2D eigenvalue weighted by atomic mass is 32.2. The average Bonchev–Trinajstić information content (AvgIpc) is 3.13. The van der Waals surface area contributed by atoms with Crippen molar-refractivity contribution in [3.8, 4) is 0 Å². The van der Waals surface area contributed by atoms with E-state index in [0.717, 1.165) is 19.3 Å². The molecule has 2 aliphatic heterocycles. The van der Waals surface area contributed by atoms with Gasteiger partial charge in [0.15, 0.2) is 0 Å². The van der Waals surface area contributed by atoms with Crippen LogP contribution in [0.25, 0.3) is 0 Å². The van der Waals surface area contributed by atoms with Gasteiger partial charge in [0, 0.05) is 40.3 Å². The van der Waals surface area contributed by atoms with Crippen molar-refractivity contribution >= 4 is 21.8 Å². The van der Waals surface area contributed by atoms with Crippen molar-refractivity contribution < 1.29 is 22.7 Å². The van der Waals surface area contributed by atoms with Crippen molar-refractivity contribution in [2.45, 2.75) is 25.7 Å². The smallest absolute Gasteiger partial charge is 0.248 e. The summed E-state index contributed by atoms with van der Waals surface area (Å²) in [6.45, 7) is 2.03. The van der Waals surface area contributed by atoms with Gasteiger partial charge in [-0.2, -0.15) is 0 Å². The molecule has 0 aromatic heterocycles. The maximum absolute atomic E-state index is 12.8. The van der Waals surface area contributed by atoms with Gasteiger partial charge in [-0.25, -0.2) is 12.7 Å². The molecule has 0 aromatic carbocycles. The van der Waals surface area contributed by atoms with Gasteiger partial charge in [0.05, 0.1) is 11.7 Å². The molecule has 0 aromatic rings. The number of likely N-dealkylation sites (tertiary alicyclic amines) is 1. The Balaban J connectivity index is 1.83. The largest absolute Gasteiger partial charge is 0.375 e. The molecule has 2 amide bonds. The van der Waals surface area contributed by atoms with E-state index in [1.807, 2.05) is 4.90 Å². The van der Waals surface area contributed by atoms with Crippen molar-refractivity contribution in [2.75, 3.05) is 53.2 Å². The van der Waals surface area contributed by atoms with Crippen molar-refractivity contribution in [3.63, 3.8) is 0 Å². The molecular weight excluding hydrogens is 358 g/mol. The first kappa shape index (κ1) is 19.6. The van der Waals surface area contributed by atoms with E-state index in [1.165, 1.54) is 17.7 Å². The summed E-state index contributed by atoms with van der Waals surface area (Å²) in [6.07, 6.45) is 4.45. The summed E-state index contributed by atoms with van der Waals surface area (Å²) in [4.78, 5) is 26.7. The van der Waals surface area contributed by atoms with E-state index in [-0.39, 0.29) is 36.3 Å². The molecule has 2 heterocycles. The fourth-order valence-electron chi connectivity index (χ4n) is 5.41. The molecule has 1 spiro atoms. The monoisotopic (exact) mass is 387 g/mol. The molecule has 0 unspecified atom stereocenters. The number of carbonyl (C=O) groups is 2. The third-order valence-corrected chi connectivity index (χ3v) is 8.06. The standard InChI is InChI=1S/C17H29N3O5S/c1-18-15(22)17-5-4-16(13(17)10-20(12-17)26(3,23)24)6-8-19(9-7-16)14(21)11-25-2/h13H,4-12H2,1-3H3,(H,18,22)/t13-,17-/m1/s1.